The Kier molecular flexibility index (Phi) is 7.06. The van der Waals surface area contributed by atoms with Gasteiger partial charge in [0.15, 0.2) is 11.5 Å². The molecule has 0 bridgehead atoms. The Morgan fingerprint density at radius 3 is 2.50 bits per heavy atom. The lowest BCUT2D eigenvalue weighted by Crippen LogP contribution is -2.42. The average molecular weight is 442 g/mol. The van der Waals surface area contributed by atoms with Crippen molar-refractivity contribution in [3.05, 3.63) is 46.8 Å². The molecular formula is C24H31N3O5. The molecule has 2 N–H and O–H groups in total. The van der Waals surface area contributed by atoms with Crippen molar-refractivity contribution in [3.63, 3.8) is 0 Å². The van der Waals surface area contributed by atoms with Crippen molar-refractivity contribution in [2.24, 2.45) is 7.05 Å². The number of hydrogen-bond donors (Lipinski definition) is 2. The number of methoxy groups -OCH3 is 2. The van der Waals surface area contributed by atoms with Crippen molar-refractivity contribution >= 4 is 10.9 Å². The molecule has 1 atom stereocenters. The normalized spacial score (nSPS) is 12.6. The first-order chi connectivity index (χ1) is 15.1. The number of nitrogens with zero attached hydrogens (tertiary/aromatic N) is 2. The summed E-state index contributed by atoms with van der Waals surface area (Å²) in [6, 6.07) is 10.6. The van der Waals surface area contributed by atoms with Crippen LogP contribution >= 0.6 is 0 Å². The minimum Gasteiger partial charge on any atom is -0.497 e. The maximum Gasteiger partial charge on any atom is 0.261 e. The molecular weight excluding hydrogens is 410 g/mol. The number of hydrogen-bond acceptors (Lipinski definition) is 7. The minimum atomic E-state index is -0.668. The summed E-state index contributed by atoms with van der Waals surface area (Å²) in [5.41, 5.74) is 1.03. The molecule has 0 aliphatic carbocycles. The molecule has 1 aromatic heterocycles. The number of nitrogens with one attached hydrogen (secondary N) is 1. The number of fused-ring (bicyclic) bond motifs is 1. The van der Waals surface area contributed by atoms with Crippen LogP contribution < -0.4 is 25.1 Å². The van der Waals surface area contributed by atoms with E-state index < -0.39 is 6.10 Å². The van der Waals surface area contributed by atoms with Crippen LogP contribution in [0.4, 0.5) is 0 Å². The highest BCUT2D eigenvalue weighted by Gasteiger charge is 2.16. The van der Waals surface area contributed by atoms with Gasteiger partial charge in [0, 0.05) is 24.7 Å². The van der Waals surface area contributed by atoms with Crippen molar-refractivity contribution in [2.45, 2.75) is 32.4 Å². The Labute approximate surface area is 187 Å². The highest BCUT2D eigenvalue weighted by atomic mass is 16.5. The second-order valence-electron chi connectivity index (χ2n) is 8.64. The summed E-state index contributed by atoms with van der Waals surface area (Å²) < 4.78 is 18.0. The number of aliphatic hydroxyl groups is 1. The van der Waals surface area contributed by atoms with E-state index in [4.69, 9.17) is 14.2 Å². The Hall–Kier alpha value is -3.10. The summed E-state index contributed by atoms with van der Waals surface area (Å²) >= 11 is 0. The van der Waals surface area contributed by atoms with Crippen LogP contribution in [0.2, 0.25) is 0 Å². The number of β-amino-alcohol motifs (C(OH)–C–C–N with tert-alkyl or cyclic N) is 1. The van der Waals surface area contributed by atoms with E-state index >= 15 is 0 Å². The largest absolute Gasteiger partial charge is 0.497 e. The van der Waals surface area contributed by atoms with Gasteiger partial charge in [-0.2, -0.15) is 0 Å². The molecule has 2 aromatic carbocycles. The van der Waals surface area contributed by atoms with Crippen molar-refractivity contribution in [2.75, 3.05) is 27.4 Å². The van der Waals surface area contributed by atoms with Crippen LogP contribution in [0.1, 0.15) is 20.8 Å². The molecule has 8 heteroatoms. The fourth-order valence-corrected chi connectivity index (χ4v) is 3.23. The zero-order chi connectivity index (χ0) is 23.5. The molecule has 0 aliphatic heterocycles. The smallest absolute Gasteiger partial charge is 0.261 e. The molecule has 0 spiro atoms. The third-order valence-electron chi connectivity index (χ3n) is 5.00. The van der Waals surface area contributed by atoms with Gasteiger partial charge in [-0.25, -0.2) is 4.98 Å². The quantitative estimate of drug-likeness (QED) is 0.555. The minimum absolute atomic E-state index is 0.0890. The van der Waals surface area contributed by atoms with Gasteiger partial charge >= 0.3 is 0 Å². The van der Waals surface area contributed by atoms with Crippen molar-refractivity contribution in [1.29, 1.82) is 0 Å². The van der Waals surface area contributed by atoms with Crippen LogP contribution in [-0.4, -0.2) is 53.7 Å². The van der Waals surface area contributed by atoms with Crippen LogP contribution in [0.3, 0.4) is 0 Å². The Balaban J connectivity index is 1.86. The SMILES string of the molecule is COc1ccc2nc(-c3ccc(OCC(O)CNC(C)(C)C)c(OC)c3)n(C)c(=O)c2c1. The number of aliphatic hydroxyl groups excluding tert-OH is 1. The molecule has 0 fully saturated rings. The van der Waals surface area contributed by atoms with Crippen molar-refractivity contribution in [3.8, 4) is 28.6 Å². The topological polar surface area (TPSA) is 94.8 Å². The second kappa shape index (κ2) is 9.58. The van der Waals surface area contributed by atoms with Crippen molar-refractivity contribution in [1.82, 2.24) is 14.9 Å². The fourth-order valence-electron chi connectivity index (χ4n) is 3.23. The molecule has 3 rings (SSSR count). The average Bonchev–Trinajstić information content (AvgIpc) is 2.77. The molecule has 3 aromatic rings. The summed E-state index contributed by atoms with van der Waals surface area (Å²) in [7, 11) is 4.78. The first kappa shape index (κ1) is 23.6. The Bertz CT molecular complexity index is 1150. The van der Waals surface area contributed by atoms with Crippen LogP contribution in [0.25, 0.3) is 22.3 Å². The first-order valence-corrected chi connectivity index (χ1v) is 10.4. The van der Waals surface area contributed by atoms with E-state index in [1.54, 1.807) is 51.6 Å². The van der Waals surface area contributed by atoms with E-state index in [0.29, 0.717) is 46.1 Å². The summed E-state index contributed by atoms with van der Waals surface area (Å²) in [6.07, 6.45) is -0.668. The van der Waals surface area contributed by atoms with E-state index in [-0.39, 0.29) is 17.7 Å². The van der Waals surface area contributed by atoms with Crippen molar-refractivity contribution < 1.29 is 19.3 Å². The number of ether oxygens (including phenoxy) is 3. The molecule has 1 unspecified atom stereocenters. The van der Waals surface area contributed by atoms with Gasteiger partial charge in [0.25, 0.3) is 5.56 Å². The van der Waals surface area contributed by atoms with Gasteiger partial charge in [0.2, 0.25) is 0 Å². The van der Waals surface area contributed by atoms with E-state index in [0.717, 1.165) is 0 Å². The van der Waals surface area contributed by atoms with Gasteiger partial charge in [-0.3, -0.25) is 9.36 Å². The maximum atomic E-state index is 12.9. The van der Waals surface area contributed by atoms with Gasteiger partial charge in [0.05, 0.1) is 25.1 Å². The monoisotopic (exact) mass is 441 g/mol. The second-order valence-corrected chi connectivity index (χ2v) is 8.64. The van der Waals surface area contributed by atoms with Gasteiger partial charge in [-0.15, -0.1) is 0 Å². The number of aromatic nitrogens is 2. The third kappa shape index (κ3) is 5.38. The predicted molar refractivity (Wildman–Crippen MR) is 125 cm³/mol. The van der Waals surface area contributed by atoms with Gasteiger partial charge in [-0.1, -0.05) is 0 Å². The molecule has 0 radical (unpaired) electrons. The zero-order valence-corrected chi connectivity index (χ0v) is 19.4. The molecule has 172 valence electrons. The number of benzene rings is 2. The molecule has 32 heavy (non-hydrogen) atoms. The first-order valence-electron chi connectivity index (χ1n) is 10.4. The molecule has 0 aliphatic rings. The fraction of sp³-hybridized carbons (Fsp3) is 0.417. The molecule has 0 amide bonds. The van der Waals surface area contributed by atoms with Gasteiger partial charge < -0.3 is 24.6 Å². The molecule has 0 saturated heterocycles. The standard InChI is InChI=1S/C24H31N3O5/c1-24(2,3)25-13-16(28)14-32-20-10-7-15(11-21(20)31-6)22-26-19-9-8-17(30-5)12-18(19)23(29)27(22)4/h7-12,16,25,28H,13-14H2,1-6H3. The number of rotatable bonds is 8. The summed E-state index contributed by atoms with van der Waals surface area (Å²) in [5.74, 6) is 2.10. The van der Waals surface area contributed by atoms with Gasteiger partial charge in [0.1, 0.15) is 24.3 Å². The maximum absolute atomic E-state index is 12.9. The Morgan fingerprint density at radius 2 is 1.84 bits per heavy atom. The Morgan fingerprint density at radius 1 is 1.09 bits per heavy atom. The lowest BCUT2D eigenvalue weighted by atomic mass is 10.1. The predicted octanol–water partition coefficient (Wildman–Crippen LogP) is 2.75. The van der Waals surface area contributed by atoms with E-state index in [1.807, 2.05) is 26.8 Å². The summed E-state index contributed by atoms with van der Waals surface area (Å²) in [5, 5.41) is 13.9. The van der Waals surface area contributed by atoms with E-state index in [1.165, 1.54) is 4.57 Å². The van der Waals surface area contributed by atoms with E-state index in [9.17, 15) is 9.90 Å². The van der Waals surface area contributed by atoms with E-state index in [2.05, 4.69) is 10.3 Å². The van der Waals surface area contributed by atoms with Crippen LogP contribution in [0.5, 0.6) is 17.2 Å². The third-order valence-corrected chi connectivity index (χ3v) is 5.00. The van der Waals surface area contributed by atoms with Crippen LogP contribution in [-0.2, 0) is 7.05 Å². The zero-order valence-electron chi connectivity index (χ0n) is 19.4. The molecule has 0 saturated carbocycles. The van der Waals surface area contributed by atoms with Crippen LogP contribution in [0, 0.1) is 0 Å². The lowest BCUT2D eigenvalue weighted by Gasteiger charge is -2.23. The highest BCUT2D eigenvalue weighted by Crippen LogP contribution is 2.32. The highest BCUT2D eigenvalue weighted by molar-refractivity contribution is 5.81. The molecule has 1 heterocycles. The molecule has 8 nitrogen and oxygen atoms in total. The lowest BCUT2D eigenvalue weighted by molar-refractivity contribution is 0.0985. The summed E-state index contributed by atoms with van der Waals surface area (Å²) in [6.45, 7) is 6.64. The summed E-state index contributed by atoms with van der Waals surface area (Å²) in [4.78, 5) is 17.6. The van der Waals surface area contributed by atoms with Crippen LogP contribution in [0.15, 0.2) is 41.2 Å². The van der Waals surface area contributed by atoms with Gasteiger partial charge in [-0.05, 0) is 57.2 Å².